The van der Waals surface area contributed by atoms with E-state index < -0.39 is 11.9 Å². The average Bonchev–Trinajstić information content (AvgIpc) is 2.95. The van der Waals surface area contributed by atoms with Crippen molar-refractivity contribution in [3.05, 3.63) is 54.0 Å². The number of esters is 2. The van der Waals surface area contributed by atoms with Crippen molar-refractivity contribution in [2.24, 2.45) is 0 Å². The fraction of sp³-hybridized carbons (Fsp3) is 0.118. The Bertz CT molecular complexity index is 939. The lowest BCUT2D eigenvalue weighted by Gasteiger charge is -2.23. The van der Waals surface area contributed by atoms with Gasteiger partial charge in [-0.3, -0.25) is 5.10 Å². The molecule has 0 bridgehead atoms. The first kappa shape index (κ1) is 16.3. The molecule has 0 saturated carbocycles. The van der Waals surface area contributed by atoms with E-state index in [9.17, 15) is 14.7 Å². The molecule has 1 aliphatic heterocycles. The summed E-state index contributed by atoms with van der Waals surface area (Å²) in [5.41, 5.74) is 0.859. The number of methoxy groups -OCH3 is 2. The normalized spacial score (nSPS) is 13.9. The highest BCUT2D eigenvalue weighted by Crippen LogP contribution is 2.35. The van der Waals surface area contributed by atoms with E-state index in [2.05, 4.69) is 10.2 Å². The number of nitrogens with one attached hydrogen (secondary N) is 1. The van der Waals surface area contributed by atoms with Gasteiger partial charge in [-0.1, -0.05) is 6.08 Å². The summed E-state index contributed by atoms with van der Waals surface area (Å²) in [5, 5.41) is 17.8. The zero-order valence-electron chi connectivity index (χ0n) is 13.5. The molecule has 3 rings (SSSR count). The molecule has 0 saturated heterocycles. The van der Waals surface area contributed by atoms with Crippen molar-refractivity contribution in [3.8, 4) is 5.75 Å². The van der Waals surface area contributed by atoms with E-state index in [4.69, 9.17) is 9.47 Å². The van der Waals surface area contributed by atoms with Gasteiger partial charge in [-0.2, -0.15) is 5.10 Å². The predicted octanol–water partition coefficient (Wildman–Crippen LogP) is 1.76. The van der Waals surface area contributed by atoms with Crippen LogP contribution in [0.4, 0.5) is 5.69 Å². The number of rotatable bonds is 3. The highest BCUT2D eigenvalue weighted by molar-refractivity contribution is 6.06. The van der Waals surface area contributed by atoms with Crippen molar-refractivity contribution in [1.82, 2.24) is 10.2 Å². The van der Waals surface area contributed by atoms with E-state index in [-0.39, 0.29) is 22.7 Å². The molecule has 0 radical (unpaired) electrons. The molecule has 8 nitrogen and oxygen atoms in total. The Morgan fingerprint density at radius 3 is 2.64 bits per heavy atom. The number of phenolic OH excluding ortho intramolecular Hbond substituents is 1. The summed E-state index contributed by atoms with van der Waals surface area (Å²) in [4.78, 5) is 25.8. The van der Waals surface area contributed by atoms with Gasteiger partial charge in [-0.25, -0.2) is 9.59 Å². The number of benzene rings is 1. The van der Waals surface area contributed by atoms with Crippen LogP contribution in [0, 0.1) is 0 Å². The number of H-pyrrole nitrogens is 1. The van der Waals surface area contributed by atoms with Gasteiger partial charge in [0.1, 0.15) is 11.4 Å². The molecule has 0 aliphatic carbocycles. The molecular formula is C17H15N3O5. The molecule has 2 heterocycles. The number of nitrogens with zero attached hydrogens (tertiary/aromatic N) is 2. The Labute approximate surface area is 142 Å². The molecule has 1 aliphatic rings. The van der Waals surface area contributed by atoms with Crippen LogP contribution < -0.4 is 4.90 Å². The number of anilines is 1. The Morgan fingerprint density at radius 2 is 1.92 bits per heavy atom. The van der Waals surface area contributed by atoms with Gasteiger partial charge in [-0.15, -0.1) is 0 Å². The fourth-order valence-electron chi connectivity index (χ4n) is 2.51. The second kappa shape index (κ2) is 6.52. The highest BCUT2D eigenvalue weighted by Gasteiger charge is 2.28. The molecule has 1 aromatic carbocycles. The Hall–Kier alpha value is -3.55. The molecular weight excluding hydrogens is 326 g/mol. The smallest absolute Gasteiger partial charge is 0.355 e. The molecule has 0 atom stereocenters. The predicted molar refractivity (Wildman–Crippen MR) is 89.6 cm³/mol. The van der Waals surface area contributed by atoms with E-state index in [1.54, 1.807) is 24.4 Å². The number of hydrogen-bond donors (Lipinski definition) is 2. The number of carbonyl (C=O) groups excluding carboxylic acids is 2. The molecule has 2 N–H and O–H groups in total. The second-order valence-corrected chi connectivity index (χ2v) is 5.11. The summed E-state index contributed by atoms with van der Waals surface area (Å²) in [5.74, 6) is -1.54. The number of aromatic amines is 1. The molecule has 128 valence electrons. The number of aromatic nitrogens is 2. The maximum absolute atomic E-state index is 12.4. The van der Waals surface area contributed by atoms with Crippen LogP contribution in [0.1, 0.15) is 0 Å². The van der Waals surface area contributed by atoms with E-state index in [1.807, 2.05) is 0 Å². The average molecular weight is 341 g/mol. The van der Waals surface area contributed by atoms with Crippen molar-refractivity contribution >= 4 is 28.5 Å². The molecule has 0 unspecified atom stereocenters. The maximum atomic E-state index is 12.4. The van der Waals surface area contributed by atoms with Gasteiger partial charge in [0.15, 0.2) is 0 Å². The van der Waals surface area contributed by atoms with Crippen LogP contribution in [-0.2, 0) is 19.1 Å². The summed E-state index contributed by atoms with van der Waals surface area (Å²) in [6.07, 6.45) is 7.75. The zero-order chi connectivity index (χ0) is 18.0. The SMILES string of the molecule is COC(=O)C1=C(C(=O)OC)N(c2cc3[nH]ncc3cc2O)C=CC=C1. The molecule has 8 heteroatoms. The zero-order valence-corrected chi connectivity index (χ0v) is 13.5. The summed E-state index contributed by atoms with van der Waals surface area (Å²) >= 11 is 0. The first-order valence-corrected chi connectivity index (χ1v) is 7.28. The number of fused-ring (bicyclic) bond motifs is 1. The largest absolute Gasteiger partial charge is 0.506 e. The fourth-order valence-corrected chi connectivity index (χ4v) is 2.51. The second-order valence-electron chi connectivity index (χ2n) is 5.11. The first-order valence-electron chi connectivity index (χ1n) is 7.28. The minimum absolute atomic E-state index is 0.00320. The molecule has 25 heavy (non-hydrogen) atoms. The lowest BCUT2D eigenvalue weighted by molar-refractivity contribution is -0.139. The van der Waals surface area contributed by atoms with Crippen LogP contribution in [0.3, 0.4) is 0 Å². The van der Waals surface area contributed by atoms with E-state index in [0.29, 0.717) is 10.9 Å². The lowest BCUT2D eigenvalue weighted by Crippen LogP contribution is -2.27. The first-order chi connectivity index (χ1) is 12.1. The number of allylic oxidation sites excluding steroid dienone is 2. The summed E-state index contributed by atoms with van der Waals surface area (Å²) < 4.78 is 9.57. The Balaban J connectivity index is 2.24. The minimum atomic E-state index is -0.749. The van der Waals surface area contributed by atoms with Gasteiger partial charge in [0, 0.05) is 11.6 Å². The van der Waals surface area contributed by atoms with Crippen LogP contribution in [-0.4, -0.2) is 41.5 Å². The number of phenols is 1. The van der Waals surface area contributed by atoms with Crippen molar-refractivity contribution in [2.45, 2.75) is 0 Å². The third-order valence-corrected chi connectivity index (χ3v) is 3.68. The van der Waals surface area contributed by atoms with Gasteiger partial charge in [0.05, 0.1) is 37.2 Å². The molecule has 1 aromatic heterocycles. The standard InChI is InChI=1S/C17H15N3O5/c1-24-16(22)11-5-3-4-6-20(15(11)17(23)25-2)13-8-12-10(7-14(13)21)9-18-19-12/h3-9,21H,1-2H3,(H,18,19). The van der Waals surface area contributed by atoms with Crippen LogP contribution in [0.5, 0.6) is 5.75 Å². The third-order valence-electron chi connectivity index (χ3n) is 3.68. The van der Waals surface area contributed by atoms with Gasteiger partial charge in [-0.05, 0) is 24.3 Å². The quantitative estimate of drug-likeness (QED) is 0.820. The molecule has 2 aromatic rings. The van der Waals surface area contributed by atoms with Crippen LogP contribution in [0.25, 0.3) is 10.9 Å². The summed E-state index contributed by atoms with van der Waals surface area (Å²) in [6, 6.07) is 3.12. The molecule has 0 fully saturated rings. The van der Waals surface area contributed by atoms with E-state index in [0.717, 1.165) is 0 Å². The summed E-state index contributed by atoms with van der Waals surface area (Å²) in [6.45, 7) is 0. The minimum Gasteiger partial charge on any atom is -0.506 e. The Kier molecular flexibility index (Phi) is 4.25. The van der Waals surface area contributed by atoms with Gasteiger partial charge in [0.25, 0.3) is 0 Å². The van der Waals surface area contributed by atoms with Crippen LogP contribution in [0.2, 0.25) is 0 Å². The Morgan fingerprint density at radius 1 is 1.16 bits per heavy atom. The third kappa shape index (κ3) is 2.85. The number of hydrogen-bond acceptors (Lipinski definition) is 7. The highest BCUT2D eigenvalue weighted by atomic mass is 16.5. The van der Waals surface area contributed by atoms with Gasteiger partial charge >= 0.3 is 11.9 Å². The lowest BCUT2D eigenvalue weighted by atomic mass is 10.1. The van der Waals surface area contributed by atoms with Crippen molar-refractivity contribution in [2.75, 3.05) is 19.1 Å². The van der Waals surface area contributed by atoms with E-state index in [1.165, 1.54) is 37.5 Å². The van der Waals surface area contributed by atoms with Gasteiger partial charge in [0.2, 0.25) is 0 Å². The van der Waals surface area contributed by atoms with Crippen LogP contribution in [0.15, 0.2) is 54.0 Å². The van der Waals surface area contributed by atoms with Crippen molar-refractivity contribution < 1.29 is 24.2 Å². The molecule has 0 amide bonds. The number of carbonyl (C=O) groups is 2. The monoisotopic (exact) mass is 341 g/mol. The van der Waals surface area contributed by atoms with Crippen molar-refractivity contribution in [3.63, 3.8) is 0 Å². The maximum Gasteiger partial charge on any atom is 0.355 e. The number of aromatic hydroxyl groups is 1. The topological polar surface area (TPSA) is 105 Å². The van der Waals surface area contributed by atoms with Crippen molar-refractivity contribution in [1.29, 1.82) is 0 Å². The van der Waals surface area contributed by atoms with Gasteiger partial charge < -0.3 is 19.5 Å². The van der Waals surface area contributed by atoms with E-state index >= 15 is 0 Å². The van der Waals surface area contributed by atoms with Crippen LogP contribution >= 0.6 is 0 Å². The summed E-state index contributed by atoms with van der Waals surface area (Å²) in [7, 11) is 2.42. The number of ether oxygens (including phenoxy) is 2. The molecule has 0 spiro atoms.